The van der Waals surface area contributed by atoms with Crippen molar-refractivity contribution in [2.75, 3.05) is 12.3 Å². The van der Waals surface area contributed by atoms with Crippen LogP contribution in [0.1, 0.15) is 46.8 Å². The van der Waals surface area contributed by atoms with E-state index < -0.39 is 0 Å². The maximum Gasteiger partial charge on any atom is 0.256 e. The van der Waals surface area contributed by atoms with Gasteiger partial charge in [0.2, 0.25) is 0 Å². The van der Waals surface area contributed by atoms with Gasteiger partial charge in [0.15, 0.2) is 0 Å². The normalized spacial score (nSPS) is 16.1. The highest BCUT2D eigenvalue weighted by Crippen LogP contribution is 2.41. The largest absolute Gasteiger partial charge is 0.398 e. The summed E-state index contributed by atoms with van der Waals surface area (Å²) >= 11 is 0. The number of hydrogen-bond donors (Lipinski definition) is 2. The van der Waals surface area contributed by atoms with E-state index in [0.717, 1.165) is 27.6 Å². The Bertz CT molecular complexity index is 1170. The lowest BCUT2D eigenvalue weighted by atomic mass is 9.81. The molecule has 1 aromatic heterocycles. The second kappa shape index (κ2) is 6.58. The van der Waals surface area contributed by atoms with Crippen LogP contribution in [-0.4, -0.2) is 33.8 Å². The van der Waals surface area contributed by atoms with Gasteiger partial charge in [-0.2, -0.15) is 5.10 Å². The number of H-pyrrole nitrogens is 1. The van der Waals surface area contributed by atoms with Crippen LogP contribution < -0.4 is 5.73 Å². The summed E-state index contributed by atoms with van der Waals surface area (Å²) in [7, 11) is 0. The van der Waals surface area contributed by atoms with Crippen LogP contribution in [0.5, 0.6) is 0 Å². The molecule has 6 nitrogen and oxygen atoms in total. The molecule has 6 heteroatoms. The first-order valence-electron chi connectivity index (χ1n) is 9.89. The number of aromatic amines is 1. The molecule has 5 rings (SSSR count). The maximum absolute atomic E-state index is 12.9. The molecule has 2 aliphatic rings. The minimum Gasteiger partial charge on any atom is -0.398 e. The number of carbonyl (C=O) groups is 2. The van der Waals surface area contributed by atoms with E-state index in [1.54, 1.807) is 11.0 Å². The number of amides is 1. The zero-order valence-corrected chi connectivity index (χ0v) is 16.1. The highest BCUT2D eigenvalue weighted by molar-refractivity contribution is 6.05. The average Bonchev–Trinajstić information content (AvgIpc) is 3.23. The summed E-state index contributed by atoms with van der Waals surface area (Å²) in [6, 6.07) is 9.99. The van der Waals surface area contributed by atoms with Gasteiger partial charge in [0.25, 0.3) is 5.91 Å². The Labute approximate surface area is 168 Å². The Balaban J connectivity index is 1.59. The van der Waals surface area contributed by atoms with Gasteiger partial charge in [0.05, 0.1) is 11.1 Å². The minimum atomic E-state index is -0.151. The molecule has 0 radical (unpaired) electrons. The van der Waals surface area contributed by atoms with Crippen LogP contribution in [-0.2, 0) is 11.3 Å². The SMILES string of the molecule is C=C(C=O)CN1Cc2c(-c3ccc4n[nH]c(C5CCC5)c4c3)ccc(N)c2C1=O. The number of aldehydes is 1. The molecule has 1 saturated carbocycles. The van der Waals surface area contributed by atoms with Crippen molar-refractivity contribution >= 4 is 28.8 Å². The molecule has 3 N–H and O–H groups in total. The molecule has 1 aliphatic heterocycles. The number of nitrogen functional groups attached to an aromatic ring is 1. The molecule has 1 fully saturated rings. The Morgan fingerprint density at radius 2 is 2.14 bits per heavy atom. The lowest BCUT2D eigenvalue weighted by Gasteiger charge is -2.24. The standard InChI is InChI=1S/C23H22N4O2/c1-13(12-28)10-27-11-18-16(6-7-19(24)21(18)23(27)29)15-5-8-20-17(9-15)22(26-25-20)14-3-2-4-14/h5-9,12,14H,1-4,10-11,24H2,(H,25,26). The van der Waals surface area contributed by atoms with E-state index in [1.807, 2.05) is 18.2 Å². The third-order valence-corrected chi connectivity index (χ3v) is 6.16. The topological polar surface area (TPSA) is 92.1 Å². The zero-order chi connectivity index (χ0) is 20.1. The highest BCUT2D eigenvalue weighted by atomic mass is 16.2. The number of rotatable bonds is 5. The molecule has 3 aromatic rings. The fourth-order valence-electron chi connectivity index (χ4n) is 4.39. The predicted octanol–water partition coefficient (Wildman–Crippen LogP) is 3.79. The Morgan fingerprint density at radius 1 is 1.31 bits per heavy atom. The fraction of sp³-hybridized carbons (Fsp3) is 0.261. The first kappa shape index (κ1) is 17.7. The van der Waals surface area contributed by atoms with Gasteiger partial charge in [-0.15, -0.1) is 0 Å². The van der Waals surface area contributed by atoms with E-state index >= 15 is 0 Å². The number of fused-ring (bicyclic) bond motifs is 2. The number of nitrogens with zero attached hydrogens (tertiary/aromatic N) is 2. The number of carbonyl (C=O) groups excluding carboxylic acids is 2. The highest BCUT2D eigenvalue weighted by Gasteiger charge is 2.32. The average molecular weight is 386 g/mol. The summed E-state index contributed by atoms with van der Waals surface area (Å²) in [5.74, 6) is 0.403. The van der Waals surface area contributed by atoms with Gasteiger partial charge in [-0.05, 0) is 47.7 Å². The van der Waals surface area contributed by atoms with Crippen LogP contribution in [0.15, 0.2) is 42.5 Å². The van der Waals surface area contributed by atoms with Crippen LogP contribution in [0.25, 0.3) is 22.0 Å². The van der Waals surface area contributed by atoms with Crippen LogP contribution in [0.3, 0.4) is 0 Å². The van der Waals surface area contributed by atoms with Gasteiger partial charge in [0, 0.05) is 41.3 Å². The molecule has 146 valence electrons. The summed E-state index contributed by atoms with van der Waals surface area (Å²) in [4.78, 5) is 25.5. The molecular weight excluding hydrogens is 364 g/mol. The minimum absolute atomic E-state index is 0.151. The number of aromatic nitrogens is 2. The van der Waals surface area contributed by atoms with Crippen LogP contribution >= 0.6 is 0 Å². The Hall–Kier alpha value is -3.41. The van der Waals surface area contributed by atoms with Gasteiger partial charge < -0.3 is 10.6 Å². The molecule has 2 aromatic carbocycles. The molecule has 29 heavy (non-hydrogen) atoms. The van der Waals surface area contributed by atoms with Crippen molar-refractivity contribution in [3.63, 3.8) is 0 Å². The van der Waals surface area contributed by atoms with Gasteiger partial charge in [0.1, 0.15) is 6.29 Å². The van der Waals surface area contributed by atoms with Crippen LogP contribution in [0.4, 0.5) is 5.69 Å². The quantitative estimate of drug-likeness (QED) is 0.396. The Morgan fingerprint density at radius 3 is 2.86 bits per heavy atom. The molecule has 0 bridgehead atoms. The monoisotopic (exact) mass is 386 g/mol. The number of nitrogens with two attached hydrogens (primary N) is 1. The first-order chi connectivity index (χ1) is 14.1. The fourth-order valence-corrected chi connectivity index (χ4v) is 4.39. The third-order valence-electron chi connectivity index (χ3n) is 6.16. The molecule has 0 unspecified atom stereocenters. The van der Waals surface area contributed by atoms with Crippen molar-refractivity contribution in [3.8, 4) is 11.1 Å². The van der Waals surface area contributed by atoms with Crippen molar-refractivity contribution in [2.45, 2.75) is 31.7 Å². The number of hydrogen-bond acceptors (Lipinski definition) is 4. The number of nitrogens with one attached hydrogen (secondary N) is 1. The van der Waals surface area contributed by atoms with Crippen molar-refractivity contribution in [2.24, 2.45) is 0 Å². The molecule has 0 atom stereocenters. The van der Waals surface area contributed by atoms with E-state index in [0.29, 0.717) is 35.6 Å². The smallest absolute Gasteiger partial charge is 0.256 e. The predicted molar refractivity (Wildman–Crippen MR) is 112 cm³/mol. The second-order valence-corrected chi connectivity index (χ2v) is 7.99. The van der Waals surface area contributed by atoms with Crippen LogP contribution in [0.2, 0.25) is 0 Å². The summed E-state index contributed by atoms with van der Waals surface area (Å²) < 4.78 is 0. The van der Waals surface area contributed by atoms with Gasteiger partial charge in [-0.25, -0.2) is 0 Å². The number of benzene rings is 2. The maximum atomic E-state index is 12.9. The zero-order valence-electron chi connectivity index (χ0n) is 16.1. The summed E-state index contributed by atoms with van der Waals surface area (Å²) in [6.07, 6.45) is 4.35. The van der Waals surface area contributed by atoms with Crippen molar-refractivity contribution in [1.82, 2.24) is 15.1 Å². The summed E-state index contributed by atoms with van der Waals surface area (Å²) in [6.45, 7) is 4.33. The third kappa shape index (κ3) is 2.75. The second-order valence-electron chi connectivity index (χ2n) is 7.99. The van der Waals surface area contributed by atoms with Crippen molar-refractivity contribution < 1.29 is 9.59 Å². The van der Waals surface area contributed by atoms with E-state index in [-0.39, 0.29) is 12.5 Å². The molecule has 1 amide bonds. The molecule has 1 aliphatic carbocycles. The first-order valence-corrected chi connectivity index (χ1v) is 9.89. The van der Waals surface area contributed by atoms with Crippen molar-refractivity contribution in [3.05, 3.63) is 59.3 Å². The lowest BCUT2D eigenvalue weighted by Crippen LogP contribution is -2.26. The molecule has 0 spiro atoms. The van der Waals surface area contributed by atoms with Gasteiger partial charge >= 0.3 is 0 Å². The van der Waals surface area contributed by atoms with E-state index in [1.165, 1.54) is 25.0 Å². The molecular formula is C23H22N4O2. The molecule has 0 saturated heterocycles. The summed E-state index contributed by atoms with van der Waals surface area (Å²) in [5, 5.41) is 8.83. The van der Waals surface area contributed by atoms with E-state index in [2.05, 4.69) is 22.8 Å². The van der Waals surface area contributed by atoms with Crippen molar-refractivity contribution in [1.29, 1.82) is 0 Å². The number of anilines is 1. The van der Waals surface area contributed by atoms with E-state index in [9.17, 15) is 9.59 Å². The van der Waals surface area contributed by atoms with Gasteiger partial charge in [-0.1, -0.05) is 25.1 Å². The molecule has 2 heterocycles. The summed E-state index contributed by atoms with van der Waals surface area (Å²) in [5.41, 5.74) is 12.6. The van der Waals surface area contributed by atoms with Crippen LogP contribution in [0, 0.1) is 0 Å². The lowest BCUT2D eigenvalue weighted by molar-refractivity contribution is -0.105. The van der Waals surface area contributed by atoms with E-state index in [4.69, 9.17) is 5.73 Å². The van der Waals surface area contributed by atoms with Gasteiger partial charge in [-0.3, -0.25) is 14.7 Å². The Kier molecular flexibility index (Phi) is 4.01.